The van der Waals surface area contributed by atoms with Crippen molar-refractivity contribution in [1.29, 1.82) is 5.26 Å². The summed E-state index contributed by atoms with van der Waals surface area (Å²) < 4.78 is 43.6. The summed E-state index contributed by atoms with van der Waals surface area (Å²) in [6, 6.07) is 11.5. The number of rotatable bonds is 2. The van der Waals surface area contributed by atoms with Crippen molar-refractivity contribution >= 4 is 27.2 Å². The Labute approximate surface area is 143 Å². The minimum atomic E-state index is -4.22. The fourth-order valence-electron chi connectivity index (χ4n) is 2.50. The Morgan fingerprint density at radius 2 is 1.88 bits per heavy atom. The maximum Gasteiger partial charge on any atom is 0.337 e. The zero-order valence-electron chi connectivity index (χ0n) is 12.9. The van der Waals surface area contributed by atoms with Crippen molar-refractivity contribution in [3.63, 3.8) is 0 Å². The number of nitriles is 1. The van der Waals surface area contributed by atoms with Crippen LogP contribution in [0.25, 0.3) is 0 Å². The van der Waals surface area contributed by atoms with Crippen LogP contribution in [-0.2, 0) is 14.6 Å². The van der Waals surface area contributed by atoms with Gasteiger partial charge in [-0.3, -0.25) is 0 Å². The van der Waals surface area contributed by atoms with Crippen molar-refractivity contribution in [3.8, 4) is 6.07 Å². The Kier molecular flexibility index (Phi) is 4.02. The second kappa shape index (κ2) is 6.03. The van der Waals surface area contributed by atoms with Crippen molar-refractivity contribution in [2.24, 2.45) is 0 Å². The second-order valence-corrected chi connectivity index (χ2v) is 6.96. The first-order valence-electron chi connectivity index (χ1n) is 7.03. The summed E-state index contributed by atoms with van der Waals surface area (Å²) >= 11 is 0. The SMILES string of the molecule is COC(=O)c1ccc(N2C=C(C#N)S(=O)(=O)c3c(F)cccc32)cc1. The van der Waals surface area contributed by atoms with Gasteiger partial charge in [0.15, 0.2) is 4.91 Å². The minimum Gasteiger partial charge on any atom is -0.465 e. The third-order valence-corrected chi connectivity index (χ3v) is 5.40. The molecule has 0 atom stereocenters. The maximum atomic E-state index is 14.2. The van der Waals surface area contributed by atoms with Gasteiger partial charge in [0.2, 0.25) is 9.84 Å². The summed E-state index contributed by atoms with van der Waals surface area (Å²) in [6.07, 6.45) is 1.13. The maximum absolute atomic E-state index is 14.2. The van der Waals surface area contributed by atoms with E-state index >= 15 is 0 Å². The highest BCUT2D eigenvalue weighted by Crippen LogP contribution is 2.40. The summed E-state index contributed by atoms with van der Waals surface area (Å²) in [4.78, 5) is 11.8. The van der Waals surface area contributed by atoms with Crippen LogP contribution in [0.3, 0.4) is 0 Å². The number of hydrogen-bond acceptors (Lipinski definition) is 6. The summed E-state index contributed by atoms with van der Waals surface area (Å²) in [5.41, 5.74) is 0.854. The fourth-order valence-corrected chi connectivity index (χ4v) is 3.85. The average molecular weight is 358 g/mol. The van der Waals surface area contributed by atoms with E-state index in [4.69, 9.17) is 5.26 Å². The minimum absolute atomic E-state index is 0.0878. The lowest BCUT2D eigenvalue weighted by molar-refractivity contribution is 0.0600. The van der Waals surface area contributed by atoms with Crippen molar-refractivity contribution in [2.45, 2.75) is 4.90 Å². The summed E-state index contributed by atoms with van der Waals surface area (Å²) in [5.74, 6) is -1.46. The molecule has 2 aromatic rings. The Hall–Kier alpha value is -3.18. The number of hydrogen-bond donors (Lipinski definition) is 0. The largest absolute Gasteiger partial charge is 0.465 e. The third-order valence-electron chi connectivity index (χ3n) is 3.69. The van der Waals surface area contributed by atoms with E-state index in [0.29, 0.717) is 11.3 Å². The zero-order chi connectivity index (χ0) is 18.2. The molecule has 1 aliphatic heterocycles. The molecule has 0 saturated carbocycles. The number of esters is 1. The smallest absolute Gasteiger partial charge is 0.337 e. The zero-order valence-corrected chi connectivity index (χ0v) is 13.7. The number of carbonyl (C=O) groups excluding carboxylic acids is 1. The predicted molar refractivity (Wildman–Crippen MR) is 87.2 cm³/mol. The molecule has 0 aromatic heterocycles. The van der Waals surface area contributed by atoms with Crippen LogP contribution >= 0.6 is 0 Å². The van der Waals surface area contributed by atoms with Crippen LogP contribution in [0.2, 0.25) is 0 Å². The number of anilines is 2. The quantitative estimate of drug-likeness (QED) is 0.767. The Bertz CT molecular complexity index is 1040. The van der Waals surface area contributed by atoms with E-state index in [0.717, 1.165) is 12.3 Å². The molecule has 0 amide bonds. The molecule has 0 spiro atoms. The van der Waals surface area contributed by atoms with Gasteiger partial charge in [0.1, 0.15) is 16.8 Å². The molecule has 2 aromatic carbocycles. The Morgan fingerprint density at radius 1 is 1.20 bits per heavy atom. The van der Waals surface area contributed by atoms with E-state index in [1.165, 1.54) is 36.3 Å². The topological polar surface area (TPSA) is 87.5 Å². The van der Waals surface area contributed by atoms with Crippen LogP contribution in [0, 0.1) is 17.1 Å². The van der Waals surface area contributed by atoms with Crippen molar-refractivity contribution in [2.75, 3.05) is 12.0 Å². The molecule has 8 heteroatoms. The van der Waals surface area contributed by atoms with Gasteiger partial charge < -0.3 is 9.64 Å². The summed E-state index contributed by atoms with van der Waals surface area (Å²) in [7, 11) is -2.96. The van der Waals surface area contributed by atoms with Crippen LogP contribution in [0.4, 0.5) is 15.8 Å². The number of nitrogens with zero attached hydrogens (tertiary/aromatic N) is 2. The van der Waals surface area contributed by atoms with E-state index < -0.39 is 31.4 Å². The monoisotopic (exact) mass is 358 g/mol. The molecule has 6 nitrogen and oxygen atoms in total. The van der Waals surface area contributed by atoms with Crippen molar-refractivity contribution in [3.05, 3.63) is 65.0 Å². The Balaban J connectivity index is 2.19. The fraction of sp³-hybridized carbons (Fsp3) is 0.0588. The molecule has 25 heavy (non-hydrogen) atoms. The first-order valence-corrected chi connectivity index (χ1v) is 8.51. The van der Waals surface area contributed by atoms with E-state index in [2.05, 4.69) is 4.74 Å². The van der Waals surface area contributed by atoms with Crippen LogP contribution < -0.4 is 4.90 Å². The lowest BCUT2D eigenvalue weighted by Crippen LogP contribution is -2.22. The molecule has 0 unspecified atom stereocenters. The van der Waals surface area contributed by atoms with Gasteiger partial charge >= 0.3 is 5.97 Å². The first kappa shape index (κ1) is 16.7. The average Bonchev–Trinajstić information content (AvgIpc) is 2.61. The van der Waals surface area contributed by atoms with Crippen molar-refractivity contribution < 1.29 is 22.3 Å². The van der Waals surface area contributed by atoms with E-state index in [1.807, 2.05) is 0 Å². The number of allylic oxidation sites excluding steroid dienone is 1. The van der Waals surface area contributed by atoms with Gasteiger partial charge in [-0.25, -0.2) is 17.6 Å². The molecular weight excluding hydrogens is 347 g/mol. The number of ether oxygens (including phenoxy) is 1. The molecule has 3 rings (SSSR count). The van der Waals surface area contributed by atoms with Crippen LogP contribution in [-0.4, -0.2) is 21.5 Å². The first-order chi connectivity index (χ1) is 11.9. The summed E-state index contributed by atoms with van der Waals surface area (Å²) in [6.45, 7) is 0. The number of carbonyl (C=O) groups is 1. The van der Waals surface area contributed by atoms with E-state index in [9.17, 15) is 17.6 Å². The highest BCUT2D eigenvalue weighted by Gasteiger charge is 2.34. The normalized spacial score (nSPS) is 14.9. The molecule has 0 saturated heterocycles. The highest BCUT2D eigenvalue weighted by molar-refractivity contribution is 7.95. The van der Waals surface area contributed by atoms with Gasteiger partial charge in [-0.15, -0.1) is 0 Å². The van der Waals surface area contributed by atoms with Gasteiger partial charge in [-0.2, -0.15) is 5.26 Å². The molecule has 0 radical (unpaired) electrons. The standard InChI is InChI=1S/C17H11FN2O4S/c1-24-17(21)11-5-7-12(8-6-11)20-10-13(9-19)25(22,23)16-14(18)3-2-4-15(16)20/h2-8,10H,1H3. The van der Waals surface area contributed by atoms with Crippen LogP contribution in [0.5, 0.6) is 0 Å². The van der Waals surface area contributed by atoms with Gasteiger partial charge in [0, 0.05) is 11.9 Å². The Morgan fingerprint density at radius 3 is 2.48 bits per heavy atom. The molecule has 1 heterocycles. The third kappa shape index (κ3) is 2.64. The van der Waals surface area contributed by atoms with Crippen LogP contribution in [0.15, 0.2) is 58.5 Å². The summed E-state index contributed by atoms with van der Waals surface area (Å²) in [5, 5.41) is 9.15. The molecule has 0 aliphatic carbocycles. The molecule has 1 aliphatic rings. The van der Waals surface area contributed by atoms with Gasteiger partial charge in [-0.1, -0.05) is 6.07 Å². The van der Waals surface area contributed by atoms with Crippen LogP contribution in [0.1, 0.15) is 10.4 Å². The van der Waals surface area contributed by atoms with E-state index in [-0.39, 0.29) is 5.69 Å². The predicted octanol–water partition coefficient (Wildman–Crippen LogP) is 2.90. The number of benzene rings is 2. The molecular formula is C17H11FN2O4S. The molecule has 126 valence electrons. The molecule has 0 bridgehead atoms. The molecule has 0 fully saturated rings. The number of fused-ring (bicyclic) bond motifs is 1. The number of sulfone groups is 1. The van der Waals surface area contributed by atoms with Gasteiger partial charge in [0.05, 0.1) is 18.4 Å². The van der Waals surface area contributed by atoms with E-state index in [1.54, 1.807) is 18.2 Å². The highest BCUT2D eigenvalue weighted by atomic mass is 32.2. The molecule has 0 N–H and O–H groups in total. The number of methoxy groups -OCH3 is 1. The number of halogens is 1. The lowest BCUT2D eigenvalue weighted by Gasteiger charge is -2.27. The van der Waals surface area contributed by atoms with Gasteiger partial charge in [0.25, 0.3) is 0 Å². The lowest BCUT2D eigenvalue weighted by atomic mass is 10.1. The second-order valence-electron chi connectivity index (χ2n) is 5.11. The van der Waals surface area contributed by atoms with Gasteiger partial charge in [-0.05, 0) is 36.4 Å². The van der Waals surface area contributed by atoms with Crippen molar-refractivity contribution in [1.82, 2.24) is 0 Å².